The van der Waals surface area contributed by atoms with Gasteiger partial charge in [-0.05, 0) is 50.1 Å². The highest BCUT2D eigenvalue weighted by Gasteiger charge is 2.17. The van der Waals surface area contributed by atoms with Crippen molar-refractivity contribution in [2.75, 3.05) is 0 Å². The lowest BCUT2D eigenvalue weighted by Gasteiger charge is -2.03. The molecule has 0 amide bonds. The summed E-state index contributed by atoms with van der Waals surface area (Å²) in [6.07, 6.45) is 1.62. The van der Waals surface area contributed by atoms with Crippen LogP contribution in [-0.4, -0.2) is 0 Å². The molecule has 0 aliphatic heterocycles. The van der Waals surface area contributed by atoms with Gasteiger partial charge in [0.2, 0.25) is 0 Å². The highest BCUT2D eigenvalue weighted by Crippen LogP contribution is 2.38. The zero-order valence-corrected chi connectivity index (χ0v) is 11.6. The van der Waals surface area contributed by atoms with E-state index in [9.17, 15) is 0 Å². The molecule has 0 fully saturated rings. The molecule has 0 saturated heterocycles. The van der Waals surface area contributed by atoms with Gasteiger partial charge in [0.05, 0.1) is 15.4 Å². The van der Waals surface area contributed by atoms with Gasteiger partial charge in [0.15, 0.2) is 4.67 Å². The molecule has 1 atom stereocenters. The monoisotopic (exact) mass is 354 g/mol. The van der Waals surface area contributed by atoms with Crippen LogP contribution in [0.2, 0.25) is 0 Å². The highest BCUT2D eigenvalue weighted by molar-refractivity contribution is 9.11. The largest absolute Gasteiger partial charge is 0.457 e. The Kier molecular flexibility index (Phi) is 3.37. The number of furan rings is 1. The summed E-state index contributed by atoms with van der Waals surface area (Å²) in [6.45, 7) is 0. The van der Waals surface area contributed by atoms with Crippen LogP contribution in [0.1, 0.15) is 15.8 Å². The zero-order chi connectivity index (χ0) is 10.1. The first-order valence-corrected chi connectivity index (χ1v) is 6.64. The predicted octanol–water partition coefficient (Wildman–Crippen LogP) is 5.19. The summed E-state index contributed by atoms with van der Waals surface area (Å²) < 4.78 is 6.92. The summed E-state index contributed by atoms with van der Waals surface area (Å²) in [5, 5.41) is -0.153. The number of hydrogen-bond donors (Lipinski definition) is 0. The topological polar surface area (TPSA) is 13.1 Å². The Morgan fingerprint density at radius 3 is 2.57 bits per heavy atom. The summed E-state index contributed by atoms with van der Waals surface area (Å²) in [4.78, 5) is 1.10. The number of halogens is 3. The van der Waals surface area contributed by atoms with Crippen molar-refractivity contribution in [1.82, 2.24) is 0 Å². The maximum Gasteiger partial charge on any atom is 0.173 e. The van der Waals surface area contributed by atoms with E-state index in [-0.39, 0.29) is 5.38 Å². The summed E-state index contributed by atoms with van der Waals surface area (Å²) in [5.74, 6) is 0. The molecular formula is C9H5Br2ClOS. The third-order valence-electron chi connectivity index (χ3n) is 1.76. The number of rotatable bonds is 2. The molecule has 1 unspecified atom stereocenters. The maximum absolute atomic E-state index is 6.29. The summed E-state index contributed by atoms with van der Waals surface area (Å²) in [5.41, 5.74) is 0.959. The van der Waals surface area contributed by atoms with Gasteiger partial charge in [-0.1, -0.05) is 0 Å². The first-order chi connectivity index (χ1) is 6.68. The molecule has 2 rings (SSSR count). The van der Waals surface area contributed by atoms with Crippen LogP contribution in [0.4, 0.5) is 0 Å². The van der Waals surface area contributed by atoms with Crippen LogP contribution in [0.15, 0.2) is 37.3 Å². The van der Waals surface area contributed by atoms with Crippen LogP contribution in [0.5, 0.6) is 0 Å². The van der Waals surface area contributed by atoms with E-state index in [0.29, 0.717) is 4.67 Å². The van der Waals surface area contributed by atoms with E-state index in [1.807, 2.05) is 18.2 Å². The van der Waals surface area contributed by atoms with Gasteiger partial charge in [0.25, 0.3) is 0 Å². The third kappa shape index (κ3) is 2.08. The molecule has 2 heterocycles. The second-order valence-electron chi connectivity index (χ2n) is 2.65. The molecule has 2 aromatic heterocycles. The van der Waals surface area contributed by atoms with Gasteiger partial charge >= 0.3 is 0 Å². The van der Waals surface area contributed by atoms with Gasteiger partial charge in [0.1, 0.15) is 0 Å². The van der Waals surface area contributed by atoms with Crippen LogP contribution >= 0.6 is 54.8 Å². The van der Waals surface area contributed by atoms with Crippen molar-refractivity contribution in [2.45, 2.75) is 5.38 Å². The second-order valence-corrected chi connectivity index (χ2v) is 6.31. The van der Waals surface area contributed by atoms with Crippen LogP contribution in [0.3, 0.4) is 0 Å². The molecule has 0 radical (unpaired) electrons. The number of alkyl halides is 1. The normalized spacial score (nSPS) is 13.1. The minimum atomic E-state index is -0.153. The maximum atomic E-state index is 6.29. The lowest BCUT2D eigenvalue weighted by atomic mass is 10.2. The minimum absolute atomic E-state index is 0.153. The van der Waals surface area contributed by atoms with Gasteiger partial charge in [0, 0.05) is 10.4 Å². The van der Waals surface area contributed by atoms with Crippen molar-refractivity contribution in [1.29, 1.82) is 0 Å². The first kappa shape index (κ1) is 10.7. The minimum Gasteiger partial charge on any atom is -0.457 e. The van der Waals surface area contributed by atoms with Crippen LogP contribution in [0, 0.1) is 0 Å². The highest BCUT2D eigenvalue weighted by atomic mass is 79.9. The standard InChI is InChI=1S/C9H5Br2ClOS/c10-7-2-1-6(14-7)8(12)5-3-4-13-9(5)11/h1-4,8H. The summed E-state index contributed by atoms with van der Waals surface area (Å²) >= 11 is 14.6. The van der Waals surface area contributed by atoms with Crippen molar-refractivity contribution in [3.8, 4) is 0 Å². The lowest BCUT2D eigenvalue weighted by molar-refractivity contribution is 0.537. The zero-order valence-electron chi connectivity index (χ0n) is 6.84. The van der Waals surface area contributed by atoms with Gasteiger partial charge in [-0.2, -0.15) is 0 Å². The van der Waals surface area contributed by atoms with Crippen LogP contribution in [0.25, 0.3) is 0 Å². The van der Waals surface area contributed by atoms with Gasteiger partial charge in [-0.3, -0.25) is 0 Å². The molecule has 0 saturated carbocycles. The average Bonchev–Trinajstić information content (AvgIpc) is 2.73. The van der Waals surface area contributed by atoms with E-state index < -0.39 is 0 Å². The molecule has 0 spiro atoms. The van der Waals surface area contributed by atoms with E-state index in [0.717, 1.165) is 14.2 Å². The second kappa shape index (κ2) is 4.39. The molecule has 0 aromatic carbocycles. The van der Waals surface area contributed by atoms with Gasteiger partial charge in [-0.15, -0.1) is 22.9 Å². The van der Waals surface area contributed by atoms with Crippen molar-refractivity contribution in [2.24, 2.45) is 0 Å². The molecule has 74 valence electrons. The molecule has 0 aliphatic rings. The van der Waals surface area contributed by atoms with E-state index in [1.165, 1.54) is 0 Å². The molecule has 0 N–H and O–H groups in total. The SMILES string of the molecule is ClC(c1ccc(Br)s1)c1ccoc1Br. The van der Waals surface area contributed by atoms with E-state index >= 15 is 0 Å². The fourth-order valence-electron chi connectivity index (χ4n) is 1.10. The van der Waals surface area contributed by atoms with Crippen molar-refractivity contribution < 1.29 is 4.42 Å². The Morgan fingerprint density at radius 2 is 2.07 bits per heavy atom. The Labute approximate surface area is 107 Å². The molecule has 2 aromatic rings. The fraction of sp³-hybridized carbons (Fsp3) is 0.111. The fourth-order valence-corrected chi connectivity index (χ4v) is 3.50. The summed E-state index contributed by atoms with van der Waals surface area (Å²) in [7, 11) is 0. The van der Waals surface area contributed by atoms with Crippen molar-refractivity contribution in [3.63, 3.8) is 0 Å². The number of thiophene rings is 1. The molecule has 0 bridgehead atoms. The predicted molar refractivity (Wildman–Crippen MR) is 66.1 cm³/mol. The first-order valence-electron chi connectivity index (χ1n) is 3.80. The molecule has 0 aliphatic carbocycles. The molecule has 14 heavy (non-hydrogen) atoms. The Morgan fingerprint density at radius 1 is 1.29 bits per heavy atom. The third-order valence-corrected chi connectivity index (χ3v) is 4.70. The van der Waals surface area contributed by atoms with Gasteiger partial charge in [-0.25, -0.2) is 0 Å². The molecule has 5 heteroatoms. The molecular weight excluding hydrogens is 351 g/mol. The van der Waals surface area contributed by atoms with E-state index in [2.05, 4.69) is 31.9 Å². The quantitative estimate of drug-likeness (QED) is 0.675. The van der Waals surface area contributed by atoms with Crippen molar-refractivity contribution in [3.05, 3.63) is 43.4 Å². The van der Waals surface area contributed by atoms with E-state index in [4.69, 9.17) is 16.0 Å². The summed E-state index contributed by atoms with van der Waals surface area (Å²) in [6, 6.07) is 5.87. The van der Waals surface area contributed by atoms with Crippen LogP contribution < -0.4 is 0 Å². The van der Waals surface area contributed by atoms with E-state index in [1.54, 1.807) is 17.6 Å². The Hall–Kier alpha value is 0.230. The lowest BCUT2D eigenvalue weighted by Crippen LogP contribution is -1.87. The smallest absolute Gasteiger partial charge is 0.173 e. The van der Waals surface area contributed by atoms with Crippen molar-refractivity contribution >= 4 is 54.8 Å². The average molecular weight is 356 g/mol. The Balaban J connectivity index is 2.33. The Bertz CT molecular complexity index is 437. The number of hydrogen-bond acceptors (Lipinski definition) is 2. The van der Waals surface area contributed by atoms with Gasteiger partial charge < -0.3 is 4.42 Å². The molecule has 1 nitrogen and oxygen atoms in total. The van der Waals surface area contributed by atoms with Crippen LogP contribution in [-0.2, 0) is 0 Å².